The maximum absolute atomic E-state index is 5.90. The monoisotopic (exact) mass is 256 g/mol. The van der Waals surface area contributed by atoms with Crippen molar-refractivity contribution in [3.05, 3.63) is 23.2 Å². The number of nitrogens with two attached hydrogens (primary N) is 1. The maximum atomic E-state index is 5.90. The van der Waals surface area contributed by atoms with Crippen LogP contribution in [0.25, 0.3) is 0 Å². The van der Waals surface area contributed by atoms with Gasteiger partial charge >= 0.3 is 0 Å². The van der Waals surface area contributed by atoms with E-state index >= 15 is 0 Å². The average Bonchev–Trinajstić information content (AvgIpc) is 2.19. The molecule has 1 saturated carbocycles. The van der Waals surface area contributed by atoms with Crippen LogP contribution < -0.4 is 11.1 Å². The number of thioether (sulfide) groups is 1. The molecule has 0 heterocycles. The van der Waals surface area contributed by atoms with Crippen LogP contribution in [0.3, 0.4) is 0 Å². The van der Waals surface area contributed by atoms with Crippen molar-refractivity contribution < 1.29 is 0 Å². The topological polar surface area (TPSA) is 38.0 Å². The number of rotatable bonds is 4. The first-order chi connectivity index (χ1) is 7.65. The summed E-state index contributed by atoms with van der Waals surface area (Å²) in [5.74, 6) is 0. The van der Waals surface area contributed by atoms with Crippen LogP contribution in [0.2, 0.25) is 5.02 Å². The molecule has 1 aromatic carbocycles. The van der Waals surface area contributed by atoms with E-state index in [1.807, 2.05) is 23.9 Å². The quantitative estimate of drug-likeness (QED) is 0.808. The van der Waals surface area contributed by atoms with Crippen molar-refractivity contribution in [1.82, 2.24) is 0 Å². The van der Waals surface area contributed by atoms with Gasteiger partial charge < -0.3 is 11.1 Å². The Hall–Kier alpha value is -0.540. The molecule has 1 aromatic rings. The summed E-state index contributed by atoms with van der Waals surface area (Å²) in [7, 11) is 0. The van der Waals surface area contributed by atoms with Crippen molar-refractivity contribution in [3.8, 4) is 0 Å². The van der Waals surface area contributed by atoms with Crippen molar-refractivity contribution in [2.45, 2.75) is 24.0 Å². The highest BCUT2D eigenvalue weighted by Gasteiger charge is 2.35. The van der Waals surface area contributed by atoms with Gasteiger partial charge in [-0.3, -0.25) is 0 Å². The van der Waals surface area contributed by atoms with Crippen LogP contribution >= 0.6 is 23.4 Å². The zero-order valence-electron chi connectivity index (χ0n) is 9.42. The maximum Gasteiger partial charge on any atom is 0.0575 e. The van der Waals surface area contributed by atoms with Crippen LogP contribution in [0.4, 0.5) is 11.4 Å². The summed E-state index contributed by atoms with van der Waals surface area (Å²) in [6, 6.07) is 5.60. The summed E-state index contributed by atoms with van der Waals surface area (Å²) in [4.78, 5) is 0. The fourth-order valence-electron chi connectivity index (χ4n) is 1.98. The molecule has 4 heteroatoms. The molecule has 0 spiro atoms. The third kappa shape index (κ3) is 2.41. The van der Waals surface area contributed by atoms with Gasteiger partial charge in [0.25, 0.3) is 0 Å². The molecule has 0 aliphatic heterocycles. The molecule has 0 radical (unpaired) electrons. The lowest BCUT2D eigenvalue weighted by Crippen LogP contribution is -2.40. The molecule has 0 amide bonds. The molecule has 16 heavy (non-hydrogen) atoms. The summed E-state index contributed by atoms with van der Waals surface area (Å²) in [6.45, 7) is 0.986. The van der Waals surface area contributed by atoms with E-state index in [2.05, 4.69) is 11.6 Å². The molecule has 2 rings (SSSR count). The lowest BCUT2D eigenvalue weighted by Gasteiger charge is -2.40. The molecule has 0 unspecified atom stereocenters. The summed E-state index contributed by atoms with van der Waals surface area (Å²) in [5.41, 5.74) is 7.61. The molecule has 0 bridgehead atoms. The molecule has 1 aliphatic carbocycles. The van der Waals surface area contributed by atoms with E-state index < -0.39 is 0 Å². The lowest BCUT2D eigenvalue weighted by atomic mass is 9.84. The number of nitrogens with one attached hydrogen (secondary N) is 1. The number of hydrogen-bond donors (Lipinski definition) is 2. The second-order valence-corrected chi connectivity index (χ2v) is 6.04. The largest absolute Gasteiger partial charge is 0.397 e. The van der Waals surface area contributed by atoms with Crippen molar-refractivity contribution in [2.75, 3.05) is 23.9 Å². The summed E-state index contributed by atoms with van der Waals surface area (Å²) in [6.07, 6.45) is 6.13. The number of hydrogen-bond acceptors (Lipinski definition) is 3. The Balaban J connectivity index is 1.99. The van der Waals surface area contributed by atoms with Crippen LogP contribution in [0.5, 0.6) is 0 Å². The van der Waals surface area contributed by atoms with Crippen LogP contribution in [0.1, 0.15) is 19.3 Å². The molecule has 2 nitrogen and oxygen atoms in total. The van der Waals surface area contributed by atoms with Crippen LogP contribution in [-0.2, 0) is 0 Å². The van der Waals surface area contributed by atoms with Gasteiger partial charge in [0.2, 0.25) is 0 Å². The number of halogens is 1. The van der Waals surface area contributed by atoms with Crippen molar-refractivity contribution in [3.63, 3.8) is 0 Å². The van der Waals surface area contributed by atoms with E-state index in [9.17, 15) is 0 Å². The highest BCUT2D eigenvalue weighted by molar-refractivity contribution is 8.00. The molecule has 1 fully saturated rings. The van der Waals surface area contributed by atoms with Gasteiger partial charge in [-0.2, -0.15) is 11.8 Å². The predicted octanol–water partition coefficient (Wildman–Crippen LogP) is 3.62. The number of anilines is 2. The number of nitrogen functional groups attached to an aromatic ring is 1. The SMILES string of the molecule is CSC1(CNc2ccc(Cl)cc2N)CCC1. The molecule has 1 aliphatic rings. The smallest absolute Gasteiger partial charge is 0.0575 e. The Morgan fingerprint density at radius 2 is 2.25 bits per heavy atom. The minimum Gasteiger partial charge on any atom is -0.397 e. The van der Waals surface area contributed by atoms with E-state index in [4.69, 9.17) is 17.3 Å². The molecule has 88 valence electrons. The molecular weight excluding hydrogens is 240 g/mol. The molecule has 0 saturated heterocycles. The van der Waals surface area contributed by atoms with E-state index in [-0.39, 0.29) is 0 Å². The first-order valence-corrected chi connectivity index (χ1v) is 7.09. The van der Waals surface area contributed by atoms with Crippen LogP contribution in [-0.4, -0.2) is 17.5 Å². The Bertz CT molecular complexity index is 372. The summed E-state index contributed by atoms with van der Waals surface area (Å²) >= 11 is 7.82. The zero-order chi connectivity index (χ0) is 11.6. The molecular formula is C12H17ClN2S. The standard InChI is InChI=1S/C12H17ClN2S/c1-16-12(5-2-6-12)8-15-11-4-3-9(13)7-10(11)14/h3-4,7,15H,2,5-6,8,14H2,1H3. The summed E-state index contributed by atoms with van der Waals surface area (Å²) in [5, 5.41) is 4.12. The minimum atomic E-state index is 0.423. The van der Waals surface area contributed by atoms with Gasteiger partial charge in [-0.1, -0.05) is 18.0 Å². The van der Waals surface area contributed by atoms with E-state index in [0.29, 0.717) is 9.77 Å². The van der Waals surface area contributed by atoms with Crippen LogP contribution in [0, 0.1) is 0 Å². The lowest BCUT2D eigenvalue weighted by molar-refractivity contribution is 0.380. The third-order valence-electron chi connectivity index (χ3n) is 3.31. The normalized spacial score (nSPS) is 17.9. The first kappa shape index (κ1) is 11.9. The van der Waals surface area contributed by atoms with E-state index in [1.54, 1.807) is 6.07 Å². The average molecular weight is 257 g/mol. The number of benzene rings is 1. The molecule has 0 aromatic heterocycles. The Labute approximate surface area is 106 Å². The van der Waals surface area contributed by atoms with Crippen molar-refractivity contribution in [2.24, 2.45) is 0 Å². The van der Waals surface area contributed by atoms with Gasteiger partial charge in [0.15, 0.2) is 0 Å². The first-order valence-electron chi connectivity index (χ1n) is 5.49. The molecule has 3 N–H and O–H groups in total. The predicted molar refractivity (Wildman–Crippen MR) is 74.5 cm³/mol. The van der Waals surface area contributed by atoms with E-state index in [0.717, 1.165) is 17.9 Å². The van der Waals surface area contributed by atoms with Gasteiger partial charge in [0.05, 0.1) is 11.4 Å². The van der Waals surface area contributed by atoms with Gasteiger partial charge in [-0.25, -0.2) is 0 Å². The van der Waals surface area contributed by atoms with Gasteiger partial charge in [-0.15, -0.1) is 0 Å². The fourth-order valence-corrected chi connectivity index (χ4v) is 3.07. The van der Waals surface area contributed by atoms with Crippen molar-refractivity contribution >= 4 is 34.7 Å². The Kier molecular flexibility index (Phi) is 3.55. The fraction of sp³-hybridized carbons (Fsp3) is 0.500. The van der Waals surface area contributed by atoms with Crippen molar-refractivity contribution in [1.29, 1.82) is 0 Å². The third-order valence-corrected chi connectivity index (χ3v) is 4.97. The highest BCUT2D eigenvalue weighted by Crippen LogP contribution is 2.43. The second kappa shape index (κ2) is 4.76. The highest BCUT2D eigenvalue weighted by atomic mass is 35.5. The summed E-state index contributed by atoms with van der Waals surface area (Å²) < 4.78 is 0.423. The van der Waals surface area contributed by atoms with E-state index in [1.165, 1.54) is 19.3 Å². The Morgan fingerprint density at radius 3 is 2.75 bits per heavy atom. The van der Waals surface area contributed by atoms with Gasteiger partial charge in [-0.05, 0) is 37.3 Å². The second-order valence-electron chi connectivity index (χ2n) is 4.33. The zero-order valence-corrected chi connectivity index (χ0v) is 11.0. The minimum absolute atomic E-state index is 0.423. The Morgan fingerprint density at radius 1 is 1.50 bits per heavy atom. The van der Waals surface area contributed by atoms with Gasteiger partial charge in [0.1, 0.15) is 0 Å². The molecule has 0 atom stereocenters. The van der Waals surface area contributed by atoms with Crippen LogP contribution in [0.15, 0.2) is 18.2 Å². The van der Waals surface area contributed by atoms with Gasteiger partial charge in [0, 0.05) is 16.3 Å².